The smallest absolute Gasteiger partial charge is 0.306 e. The molecule has 0 aliphatic rings. The van der Waals surface area contributed by atoms with Gasteiger partial charge in [-0.15, -0.1) is 0 Å². The second-order valence-electron chi connectivity index (χ2n) is 3.85. The maximum Gasteiger partial charge on any atom is 0.306 e. The zero-order chi connectivity index (χ0) is 12.0. The fourth-order valence-electron chi connectivity index (χ4n) is 1.51. The highest BCUT2D eigenvalue weighted by Gasteiger charge is 2.14. The van der Waals surface area contributed by atoms with E-state index in [-0.39, 0.29) is 11.9 Å². The molecule has 0 aromatic heterocycles. The lowest BCUT2D eigenvalue weighted by atomic mass is 9.98. The predicted molar refractivity (Wildman–Crippen MR) is 65.7 cm³/mol. The summed E-state index contributed by atoms with van der Waals surface area (Å²) in [4.78, 5) is 11.4. The number of halogens is 1. The first-order chi connectivity index (χ1) is 7.65. The van der Waals surface area contributed by atoms with Crippen LogP contribution in [0.25, 0.3) is 0 Å². The van der Waals surface area contributed by atoms with E-state index >= 15 is 0 Å². The number of carbonyl (C=O) groups excluding carboxylic acids is 1. The van der Waals surface area contributed by atoms with Gasteiger partial charge in [-0.25, -0.2) is 0 Å². The van der Waals surface area contributed by atoms with Crippen molar-refractivity contribution in [3.63, 3.8) is 0 Å². The predicted octanol–water partition coefficient (Wildman–Crippen LogP) is 3.79. The minimum absolute atomic E-state index is 0.0954. The summed E-state index contributed by atoms with van der Waals surface area (Å²) in [7, 11) is 0. The molecule has 1 atom stereocenters. The molecule has 0 saturated carbocycles. The zero-order valence-electron chi connectivity index (χ0n) is 9.70. The fourth-order valence-corrected chi connectivity index (χ4v) is 1.83. The van der Waals surface area contributed by atoms with Crippen LogP contribution in [0.5, 0.6) is 0 Å². The van der Waals surface area contributed by atoms with Crippen LogP contribution in [0.15, 0.2) is 24.3 Å². The highest BCUT2D eigenvalue weighted by atomic mass is 35.5. The van der Waals surface area contributed by atoms with E-state index < -0.39 is 0 Å². The molecule has 0 N–H and O–H groups in total. The average molecular weight is 241 g/mol. The molecule has 1 aromatic rings. The monoisotopic (exact) mass is 240 g/mol. The maximum atomic E-state index is 11.4. The molecule has 0 aliphatic carbocycles. The van der Waals surface area contributed by atoms with Gasteiger partial charge >= 0.3 is 5.97 Å². The van der Waals surface area contributed by atoms with E-state index in [1.807, 2.05) is 38.1 Å². The number of benzene rings is 1. The van der Waals surface area contributed by atoms with E-state index in [0.29, 0.717) is 18.1 Å². The first-order valence-corrected chi connectivity index (χ1v) is 5.93. The van der Waals surface area contributed by atoms with E-state index in [1.54, 1.807) is 0 Å². The van der Waals surface area contributed by atoms with Crippen LogP contribution in [0.2, 0.25) is 5.02 Å². The van der Waals surface area contributed by atoms with Crippen LogP contribution in [-0.4, -0.2) is 12.6 Å². The molecule has 0 radical (unpaired) electrons. The van der Waals surface area contributed by atoms with Crippen LogP contribution in [0.1, 0.15) is 38.2 Å². The van der Waals surface area contributed by atoms with Crippen molar-refractivity contribution in [2.24, 2.45) is 0 Å². The van der Waals surface area contributed by atoms with Gasteiger partial charge in [-0.3, -0.25) is 4.79 Å². The highest BCUT2D eigenvalue weighted by Crippen LogP contribution is 2.26. The van der Waals surface area contributed by atoms with Gasteiger partial charge in [-0.1, -0.05) is 43.6 Å². The number of esters is 1. The molecule has 1 aromatic carbocycles. The molecule has 88 valence electrons. The Hall–Kier alpha value is -1.02. The maximum absolute atomic E-state index is 11.4. The largest absolute Gasteiger partial charge is 0.466 e. The second kappa shape index (κ2) is 6.54. The lowest BCUT2D eigenvalue weighted by Gasteiger charge is -2.12. The van der Waals surface area contributed by atoms with Crippen LogP contribution in [-0.2, 0) is 9.53 Å². The lowest BCUT2D eigenvalue weighted by molar-refractivity contribution is -0.144. The van der Waals surface area contributed by atoms with Gasteiger partial charge in [0, 0.05) is 5.02 Å². The molecule has 3 heteroatoms. The fraction of sp³-hybridized carbons (Fsp3) is 0.462. The Morgan fingerprint density at radius 1 is 1.44 bits per heavy atom. The van der Waals surface area contributed by atoms with E-state index in [9.17, 15) is 4.79 Å². The minimum Gasteiger partial charge on any atom is -0.466 e. The Balaban J connectivity index is 2.55. The molecule has 0 saturated heterocycles. The summed E-state index contributed by atoms with van der Waals surface area (Å²) in [5.41, 5.74) is 0.998. The van der Waals surface area contributed by atoms with Gasteiger partial charge in [0.25, 0.3) is 0 Å². The molecule has 0 spiro atoms. The van der Waals surface area contributed by atoms with Crippen molar-refractivity contribution in [2.45, 2.75) is 32.6 Å². The van der Waals surface area contributed by atoms with Crippen LogP contribution >= 0.6 is 11.6 Å². The Bertz CT molecular complexity index is 350. The second-order valence-corrected chi connectivity index (χ2v) is 4.25. The molecule has 0 heterocycles. The molecule has 16 heavy (non-hydrogen) atoms. The third kappa shape index (κ3) is 3.86. The lowest BCUT2D eigenvalue weighted by Crippen LogP contribution is -2.09. The van der Waals surface area contributed by atoms with E-state index in [0.717, 1.165) is 12.0 Å². The Kier molecular flexibility index (Phi) is 5.33. The van der Waals surface area contributed by atoms with Gasteiger partial charge in [0.05, 0.1) is 13.0 Å². The summed E-state index contributed by atoms with van der Waals surface area (Å²) in [5, 5.41) is 0.707. The summed E-state index contributed by atoms with van der Waals surface area (Å²) in [6, 6.07) is 7.59. The number of carbonyl (C=O) groups is 1. The summed E-state index contributed by atoms with van der Waals surface area (Å²) in [5.74, 6) is -0.0627. The van der Waals surface area contributed by atoms with Crippen LogP contribution in [0, 0.1) is 0 Å². The molecular formula is C13H17ClO2. The van der Waals surface area contributed by atoms with Crippen LogP contribution < -0.4 is 0 Å². The third-order valence-corrected chi connectivity index (χ3v) is 2.72. The first kappa shape index (κ1) is 13.0. The summed E-state index contributed by atoms with van der Waals surface area (Å²) >= 11 is 6.05. The van der Waals surface area contributed by atoms with Crippen LogP contribution in [0.4, 0.5) is 0 Å². The van der Waals surface area contributed by atoms with Gasteiger partial charge in [-0.2, -0.15) is 0 Å². The molecule has 0 amide bonds. The van der Waals surface area contributed by atoms with Crippen molar-refractivity contribution in [1.82, 2.24) is 0 Å². The SMILES string of the molecule is CCCOC(=O)CC(C)c1ccccc1Cl. The van der Waals surface area contributed by atoms with Crippen molar-refractivity contribution in [2.75, 3.05) is 6.61 Å². The Morgan fingerprint density at radius 2 is 2.12 bits per heavy atom. The number of ether oxygens (including phenoxy) is 1. The molecule has 0 fully saturated rings. The zero-order valence-corrected chi connectivity index (χ0v) is 10.5. The van der Waals surface area contributed by atoms with Crippen molar-refractivity contribution >= 4 is 17.6 Å². The van der Waals surface area contributed by atoms with Crippen molar-refractivity contribution in [1.29, 1.82) is 0 Å². The average Bonchev–Trinajstić information content (AvgIpc) is 2.26. The first-order valence-electron chi connectivity index (χ1n) is 5.55. The minimum atomic E-state index is -0.158. The number of hydrogen-bond acceptors (Lipinski definition) is 2. The van der Waals surface area contributed by atoms with Gasteiger partial charge in [-0.05, 0) is 24.0 Å². The van der Waals surface area contributed by atoms with Gasteiger partial charge in [0.15, 0.2) is 0 Å². The topological polar surface area (TPSA) is 26.3 Å². The van der Waals surface area contributed by atoms with Crippen molar-refractivity contribution < 1.29 is 9.53 Å². The number of rotatable bonds is 5. The summed E-state index contributed by atoms with van der Waals surface area (Å²) in [6.45, 7) is 4.45. The Labute approximate surface area is 102 Å². The highest BCUT2D eigenvalue weighted by molar-refractivity contribution is 6.31. The normalized spacial score (nSPS) is 12.2. The van der Waals surface area contributed by atoms with Gasteiger partial charge < -0.3 is 4.74 Å². The van der Waals surface area contributed by atoms with Gasteiger partial charge in [0.2, 0.25) is 0 Å². The molecular weight excluding hydrogens is 224 g/mol. The standard InChI is InChI=1S/C13H17ClO2/c1-3-8-16-13(15)9-10(2)11-6-4-5-7-12(11)14/h4-7,10H,3,8-9H2,1-2H3. The third-order valence-electron chi connectivity index (χ3n) is 2.38. The molecule has 1 unspecified atom stereocenters. The van der Waals surface area contributed by atoms with E-state index in [2.05, 4.69) is 0 Å². The van der Waals surface area contributed by atoms with E-state index in [4.69, 9.17) is 16.3 Å². The quantitative estimate of drug-likeness (QED) is 0.732. The van der Waals surface area contributed by atoms with Crippen molar-refractivity contribution in [3.05, 3.63) is 34.9 Å². The molecule has 2 nitrogen and oxygen atoms in total. The Morgan fingerprint density at radius 3 is 2.75 bits per heavy atom. The number of hydrogen-bond donors (Lipinski definition) is 0. The molecule has 0 aliphatic heterocycles. The van der Waals surface area contributed by atoms with Crippen LogP contribution in [0.3, 0.4) is 0 Å². The van der Waals surface area contributed by atoms with Gasteiger partial charge in [0.1, 0.15) is 0 Å². The molecule has 0 bridgehead atoms. The van der Waals surface area contributed by atoms with E-state index in [1.165, 1.54) is 0 Å². The molecule has 1 rings (SSSR count). The summed E-state index contributed by atoms with van der Waals surface area (Å²) < 4.78 is 5.04. The summed E-state index contributed by atoms with van der Waals surface area (Å²) in [6.07, 6.45) is 1.23. The van der Waals surface area contributed by atoms with Crippen molar-refractivity contribution in [3.8, 4) is 0 Å².